The lowest BCUT2D eigenvalue weighted by Crippen LogP contribution is -2.34. The molecule has 116 valence electrons. The first-order valence-electron chi connectivity index (χ1n) is 6.81. The molecule has 7 heteroatoms. The molecule has 7 nitrogen and oxygen atoms in total. The van der Waals surface area contributed by atoms with Crippen LogP contribution >= 0.6 is 0 Å². The fourth-order valence-corrected chi connectivity index (χ4v) is 2.19. The number of nitro groups is 1. The number of nitrogens with zero attached hydrogens (tertiary/aromatic N) is 2. The first-order chi connectivity index (χ1) is 11.0. The first kappa shape index (κ1) is 14.7. The van der Waals surface area contributed by atoms with E-state index in [1.165, 1.54) is 19.1 Å². The van der Waals surface area contributed by atoms with Crippen LogP contribution in [0.2, 0.25) is 0 Å². The maximum Gasteiger partial charge on any atom is 0.306 e. The number of aliphatic imine (C=N–C) groups is 1. The van der Waals surface area contributed by atoms with E-state index >= 15 is 0 Å². The molecule has 2 aromatic carbocycles. The van der Waals surface area contributed by atoms with Crippen molar-refractivity contribution in [1.82, 2.24) is 0 Å². The molecule has 1 unspecified atom stereocenters. The second-order valence-corrected chi connectivity index (χ2v) is 4.83. The van der Waals surface area contributed by atoms with Gasteiger partial charge < -0.3 is 9.47 Å². The van der Waals surface area contributed by atoms with Crippen molar-refractivity contribution in [2.24, 2.45) is 4.99 Å². The number of fused-ring (bicyclic) bond motifs is 1. The van der Waals surface area contributed by atoms with Crippen molar-refractivity contribution in [3.05, 3.63) is 64.2 Å². The first-order valence-corrected chi connectivity index (χ1v) is 6.81. The molecular weight excluding hydrogens is 300 g/mol. The molecule has 0 aliphatic carbocycles. The van der Waals surface area contributed by atoms with Crippen molar-refractivity contribution in [2.45, 2.75) is 13.2 Å². The van der Waals surface area contributed by atoms with Crippen molar-refractivity contribution in [3.63, 3.8) is 0 Å². The highest BCUT2D eigenvalue weighted by Gasteiger charge is 2.28. The number of benzene rings is 2. The van der Waals surface area contributed by atoms with Crippen LogP contribution in [0, 0.1) is 10.1 Å². The minimum absolute atomic E-state index is 0.0319. The van der Waals surface area contributed by atoms with E-state index in [2.05, 4.69) is 4.99 Å². The van der Waals surface area contributed by atoms with Gasteiger partial charge in [0.15, 0.2) is 0 Å². The van der Waals surface area contributed by atoms with Gasteiger partial charge in [-0.25, -0.2) is 4.99 Å². The average molecular weight is 312 g/mol. The van der Waals surface area contributed by atoms with Crippen molar-refractivity contribution in [1.29, 1.82) is 0 Å². The maximum atomic E-state index is 11.3. The Bertz CT molecular complexity index is 798. The number of para-hydroxylation sites is 2. The van der Waals surface area contributed by atoms with Gasteiger partial charge in [-0.2, -0.15) is 0 Å². The van der Waals surface area contributed by atoms with E-state index in [1.807, 2.05) is 6.07 Å². The van der Waals surface area contributed by atoms with E-state index in [0.717, 1.165) is 0 Å². The van der Waals surface area contributed by atoms with E-state index in [0.29, 0.717) is 22.7 Å². The van der Waals surface area contributed by atoms with Gasteiger partial charge in [0.2, 0.25) is 0 Å². The van der Waals surface area contributed by atoms with Gasteiger partial charge in [-0.15, -0.1) is 0 Å². The Balaban J connectivity index is 2.03. The Hall–Kier alpha value is -3.22. The van der Waals surface area contributed by atoms with Gasteiger partial charge in [-0.05, 0) is 24.3 Å². The highest BCUT2D eigenvalue weighted by molar-refractivity contribution is 6.06. The monoisotopic (exact) mass is 312 g/mol. The summed E-state index contributed by atoms with van der Waals surface area (Å²) in [4.78, 5) is 26.0. The summed E-state index contributed by atoms with van der Waals surface area (Å²) in [6.45, 7) is 1.28. The quantitative estimate of drug-likeness (QED) is 0.493. The summed E-state index contributed by atoms with van der Waals surface area (Å²) < 4.78 is 10.8. The molecule has 0 bridgehead atoms. The van der Waals surface area contributed by atoms with Crippen molar-refractivity contribution in [3.8, 4) is 5.75 Å². The molecule has 3 rings (SSSR count). The van der Waals surface area contributed by atoms with Gasteiger partial charge in [-0.3, -0.25) is 14.9 Å². The summed E-state index contributed by atoms with van der Waals surface area (Å²) in [6.07, 6.45) is -0.996. The molecule has 0 saturated carbocycles. The predicted molar refractivity (Wildman–Crippen MR) is 81.9 cm³/mol. The van der Waals surface area contributed by atoms with Crippen molar-refractivity contribution >= 4 is 23.1 Å². The molecule has 2 aromatic rings. The Morgan fingerprint density at radius 3 is 2.57 bits per heavy atom. The number of carbonyl (C=O) groups excluding carboxylic acids is 1. The lowest BCUT2D eigenvalue weighted by molar-refractivity contribution is -0.384. The SMILES string of the molecule is CC(=O)OC1Oc2ccccc2N=C1c1ccc([N+](=O)[O-])cc1. The molecule has 0 aromatic heterocycles. The molecule has 1 heterocycles. The van der Waals surface area contributed by atoms with Gasteiger partial charge in [0.25, 0.3) is 12.0 Å². The number of carbonyl (C=O) groups is 1. The van der Waals surface area contributed by atoms with Crippen molar-refractivity contribution < 1.29 is 19.2 Å². The normalized spacial score (nSPS) is 15.9. The number of hydrogen-bond acceptors (Lipinski definition) is 6. The fraction of sp³-hybridized carbons (Fsp3) is 0.125. The molecule has 0 fully saturated rings. The van der Waals surface area contributed by atoms with E-state index < -0.39 is 17.2 Å². The van der Waals surface area contributed by atoms with Crippen LogP contribution in [0.25, 0.3) is 0 Å². The van der Waals surface area contributed by atoms with Crippen LogP contribution in [-0.2, 0) is 9.53 Å². The molecular formula is C16H12N2O5. The lowest BCUT2D eigenvalue weighted by Gasteiger charge is -2.25. The summed E-state index contributed by atoms with van der Waals surface area (Å²) in [7, 11) is 0. The zero-order valence-electron chi connectivity index (χ0n) is 12.1. The summed E-state index contributed by atoms with van der Waals surface area (Å²) in [5.41, 5.74) is 1.53. The Labute approximate surface area is 131 Å². The molecule has 1 aliphatic heterocycles. The zero-order valence-corrected chi connectivity index (χ0v) is 12.1. The smallest absolute Gasteiger partial charge is 0.306 e. The van der Waals surface area contributed by atoms with Crippen LogP contribution in [-0.4, -0.2) is 22.9 Å². The average Bonchev–Trinajstić information content (AvgIpc) is 2.54. The summed E-state index contributed by atoms with van der Waals surface area (Å²) >= 11 is 0. The minimum Gasteiger partial charge on any atom is -0.447 e. The van der Waals surface area contributed by atoms with Crippen molar-refractivity contribution in [2.75, 3.05) is 0 Å². The number of ether oxygens (including phenoxy) is 2. The van der Waals surface area contributed by atoms with Gasteiger partial charge >= 0.3 is 5.97 Å². The minimum atomic E-state index is -0.996. The number of nitro benzene ring substituents is 1. The summed E-state index contributed by atoms with van der Waals surface area (Å²) in [6, 6.07) is 12.9. The highest BCUT2D eigenvalue weighted by atomic mass is 16.7. The van der Waals surface area contributed by atoms with Crippen LogP contribution in [0.1, 0.15) is 12.5 Å². The highest BCUT2D eigenvalue weighted by Crippen LogP contribution is 2.34. The Kier molecular flexibility index (Phi) is 3.76. The molecule has 1 aliphatic rings. The molecule has 0 amide bonds. The van der Waals surface area contributed by atoms with Gasteiger partial charge in [0.05, 0.1) is 4.92 Å². The molecule has 0 saturated heterocycles. The summed E-state index contributed by atoms with van der Waals surface area (Å²) in [5, 5.41) is 10.7. The second kappa shape index (κ2) is 5.88. The van der Waals surface area contributed by atoms with Crippen LogP contribution in [0.5, 0.6) is 5.75 Å². The van der Waals surface area contributed by atoms with Crippen LogP contribution in [0.15, 0.2) is 53.5 Å². The third kappa shape index (κ3) is 3.03. The maximum absolute atomic E-state index is 11.3. The van der Waals surface area contributed by atoms with E-state index in [9.17, 15) is 14.9 Å². The topological polar surface area (TPSA) is 91.0 Å². The molecule has 0 radical (unpaired) electrons. The van der Waals surface area contributed by atoms with Gasteiger partial charge in [0.1, 0.15) is 17.1 Å². The van der Waals surface area contributed by atoms with Gasteiger partial charge in [-0.1, -0.05) is 12.1 Å². The molecule has 0 spiro atoms. The van der Waals surface area contributed by atoms with Crippen LogP contribution < -0.4 is 4.74 Å². The third-order valence-corrected chi connectivity index (χ3v) is 3.21. The number of non-ortho nitro benzene ring substituents is 1. The largest absolute Gasteiger partial charge is 0.447 e. The Morgan fingerprint density at radius 2 is 1.91 bits per heavy atom. The predicted octanol–water partition coefficient (Wildman–Crippen LogP) is 3.00. The number of rotatable bonds is 3. The Morgan fingerprint density at radius 1 is 1.22 bits per heavy atom. The van der Waals surface area contributed by atoms with Crippen LogP contribution in [0.4, 0.5) is 11.4 Å². The molecule has 0 N–H and O–H groups in total. The lowest BCUT2D eigenvalue weighted by atomic mass is 10.1. The van der Waals surface area contributed by atoms with E-state index in [1.54, 1.807) is 30.3 Å². The summed E-state index contributed by atoms with van der Waals surface area (Å²) in [5.74, 6) is -0.00611. The fourth-order valence-electron chi connectivity index (χ4n) is 2.19. The standard InChI is InChI=1S/C16H12N2O5/c1-10(19)22-16-15(11-6-8-12(9-7-11)18(20)21)17-13-4-2-3-5-14(13)23-16/h2-9,16H,1H3. The number of esters is 1. The number of hydrogen-bond donors (Lipinski definition) is 0. The van der Waals surface area contributed by atoms with E-state index in [4.69, 9.17) is 9.47 Å². The van der Waals surface area contributed by atoms with Crippen LogP contribution in [0.3, 0.4) is 0 Å². The second-order valence-electron chi connectivity index (χ2n) is 4.83. The van der Waals surface area contributed by atoms with E-state index in [-0.39, 0.29) is 5.69 Å². The molecule has 23 heavy (non-hydrogen) atoms. The zero-order chi connectivity index (χ0) is 16.4. The molecule has 1 atom stereocenters. The third-order valence-electron chi connectivity index (χ3n) is 3.21. The van der Waals surface area contributed by atoms with Gasteiger partial charge in [0, 0.05) is 24.6 Å².